The second-order valence-electron chi connectivity index (χ2n) is 11.5. The molecule has 0 bridgehead atoms. The SMILES string of the molecule is C[C@@H](O)[C@@H]1NC(=O)[C@H](CCC(=O)O)NC(=O)[C@H](CCC(=O)O)NC(=O)[C@H](CC(=O)O)NC(=O)CCN2O[C@@H]2[C@H](CCC(=O)O)NC(=O)C=NC1=O. The lowest BCUT2D eigenvalue weighted by Gasteiger charge is -2.26. The minimum atomic E-state index is -1.85. The number of carbonyl (C=O) groups is 10. The number of aliphatic hydroxyl groups is 1. The van der Waals surface area contributed by atoms with Crippen LogP contribution in [-0.2, 0) is 52.8 Å². The van der Waals surface area contributed by atoms with Gasteiger partial charge in [0.15, 0.2) is 6.23 Å². The summed E-state index contributed by atoms with van der Waals surface area (Å²) in [5, 5.41) is 59.2. The van der Waals surface area contributed by atoms with Crippen molar-refractivity contribution >= 4 is 65.5 Å². The van der Waals surface area contributed by atoms with Crippen molar-refractivity contribution in [2.75, 3.05) is 6.54 Å². The zero-order chi connectivity index (χ0) is 38.4. The number of hydrogen-bond donors (Lipinski definition) is 10. The third-order valence-electron chi connectivity index (χ3n) is 7.33. The van der Waals surface area contributed by atoms with Gasteiger partial charge in [-0.25, -0.2) is 4.99 Å². The van der Waals surface area contributed by atoms with Gasteiger partial charge in [-0.15, -0.1) is 0 Å². The molecule has 6 amide bonds. The van der Waals surface area contributed by atoms with Crippen LogP contribution in [0.1, 0.15) is 58.3 Å². The highest BCUT2D eigenvalue weighted by molar-refractivity contribution is 6.28. The summed E-state index contributed by atoms with van der Waals surface area (Å²) in [5.41, 5.74) is 0. The lowest BCUT2D eigenvalue weighted by molar-refractivity contribution is -0.142. The van der Waals surface area contributed by atoms with Crippen LogP contribution in [0.15, 0.2) is 4.99 Å². The van der Waals surface area contributed by atoms with Gasteiger partial charge in [0.1, 0.15) is 24.2 Å². The van der Waals surface area contributed by atoms with E-state index >= 15 is 0 Å². The van der Waals surface area contributed by atoms with Crippen LogP contribution in [0.4, 0.5) is 0 Å². The van der Waals surface area contributed by atoms with E-state index < -0.39 is 147 Å². The first-order chi connectivity index (χ1) is 23.9. The lowest BCUT2D eigenvalue weighted by atomic mass is 10.1. The number of aliphatic carboxylic acids is 4. The molecule has 1 unspecified atom stereocenters. The van der Waals surface area contributed by atoms with Crippen molar-refractivity contribution in [3.8, 4) is 0 Å². The first-order valence-electron chi connectivity index (χ1n) is 15.4. The van der Waals surface area contributed by atoms with E-state index in [1.807, 2.05) is 0 Å². The molecule has 51 heavy (non-hydrogen) atoms. The highest BCUT2D eigenvalue weighted by Crippen LogP contribution is 2.26. The van der Waals surface area contributed by atoms with Gasteiger partial charge in [0.05, 0.1) is 24.8 Å². The molecule has 282 valence electrons. The van der Waals surface area contributed by atoms with Crippen LogP contribution in [0.5, 0.6) is 0 Å². The maximum atomic E-state index is 13.3. The van der Waals surface area contributed by atoms with Gasteiger partial charge in [-0.3, -0.25) is 52.8 Å². The number of nitrogens with one attached hydrogen (secondary N) is 5. The van der Waals surface area contributed by atoms with Crippen molar-refractivity contribution < 1.29 is 78.3 Å². The molecule has 0 aromatic carbocycles. The summed E-state index contributed by atoms with van der Waals surface area (Å²) in [5.74, 6) is -12.5. The van der Waals surface area contributed by atoms with E-state index in [0.29, 0.717) is 6.21 Å². The topological polar surface area (TPSA) is 360 Å². The first kappa shape index (κ1) is 41.6. The Hall–Kier alpha value is -5.55. The number of amides is 6. The summed E-state index contributed by atoms with van der Waals surface area (Å²) in [6.07, 6.45) is -6.85. The fraction of sp³-hybridized carbons (Fsp3) is 0.607. The van der Waals surface area contributed by atoms with Gasteiger partial charge < -0.3 is 52.1 Å². The first-order valence-corrected chi connectivity index (χ1v) is 15.4. The molecule has 0 saturated carbocycles. The Morgan fingerprint density at radius 3 is 1.78 bits per heavy atom. The number of aliphatic hydroxyl groups excluding tert-OH is 1. The number of carboxylic acids is 4. The third kappa shape index (κ3) is 14.8. The number of hydrogen-bond acceptors (Lipinski definition) is 13. The highest BCUT2D eigenvalue weighted by atomic mass is 16.8. The fourth-order valence-corrected chi connectivity index (χ4v) is 4.68. The normalized spacial score (nSPS) is 27.5. The fourth-order valence-electron chi connectivity index (χ4n) is 4.68. The second kappa shape index (κ2) is 19.6. The quantitative estimate of drug-likeness (QED) is 0.0845. The summed E-state index contributed by atoms with van der Waals surface area (Å²) in [6, 6.07) is -8.22. The van der Waals surface area contributed by atoms with Crippen molar-refractivity contribution in [1.29, 1.82) is 0 Å². The zero-order valence-corrected chi connectivity index (χ0v) is 27.1. The summed E-state index contributed by atoms with van der Waals surface area (Å²) in [4.78, 5) is 132. The van der Waals surface area contributed by atoms with Crippen LogP contribution in [0.3, 0.4) is 0 Å². The number of carboxylic acid groups (broad SMARTS) is 4. The molecule has 1 fully saturated rings. The summed E-state index contributed by atoms with van der Waals surface area (Å²) in [7, 11) is 0. The summed E-state index contributed by atoms with van der Waals surface area (Å²) >= 11 is 0. The van der Waals surface area contributed by atoms with Crippen LogP contribution >= 0.6 is 0 Å². The Kier molecular flexibility index (Phi) is 16.0. The molecule has 0 radical (unpaired) electrons. The monoisotopic (exact) mass is 729 g/mol. The Morgan fingerprint density at radius 2 is 1.27 bits per heavy atom. The van der Waals surface area contributed by atoms with E-state index in [0.717, 1.165) is 6.92 Å². The lowest BCUT2D eigenvalue weighted by Crippen LogP contribution is -2.59. The number of hydroxylamine groups is 2. The number of nitrogens with zero attached hydrogens (tertiary/aromatic N) is 2. The Morgan fingerprint density at radius 1 is 0.765 bits per heavy atom. The minimum absolute atomic E-state index is 0.185. The van der Waals surface area contributed by atoms with E-state index in [2.05, 4.69) is 31.6 Å². The molecule has 1 saturated heterocycles. The van der Waals surface area contributed by atoms with Gasteiger partial charge in [-0.2, -0.15) is 5.06 Å². The van der Waals surface area contributed by atoms with Crippen molar-refractivity contribution in [3.05, 3.63) is 0 Å². The van der Waals surface area contributed by atoms with E-state index in [9.17, 15) is 68.4 Å². The zero-order valence-electron chi connectivity index (χ0n) is 27.1. The predicted octanol–water partition coefficient (Wildman–Crippen LogP) is -4.57. The maximum absolute atomic E-state index is 13.3. The van der Waals surface area contributed by atoms with Crippen LogP contribution < -0.4 is 26.6 Å². The molecule has 2 heterocycles. The average Bonchev–Trinajstić information content (AvgIpc) is 3.81. The number of rotatable bonds is 12. The standard InChI is InChI=1S/C28H39N7O16/c1-12(36)23-27(50)29-11-18(38)30-15(4-7-21(43)44)28-35(51-28)9-8-17(37)31-16(10-22(45)46)26(49)33-13(2-5-19(39)40)24(47)32-14(25(48)34-23)3-6-20(41)42/h11-16,23,28,36H,2-10H2,1H3,(H,30,38)(H,31,37)(H,32,47)(H,33,49)(H,34,48)(H,39,40)(H,41,42)(H,43,44)(H,45,46)/t12-,13+,14+,15+,16+,23+,28-,35?/m1/s1. The second-order valence-corrected chi connectivity index (χ2v) is 11.5. The van der Waals surface area contributed by atoms with Gasteiger partial charge in [-0.1, -0.05) is 0 Å². The van der Waals surface area contributed by atoms with Crippen LogP contribution in [0.2, 0.25) is 0 Å². The smallest absolute Gasteiger partial charge is 0.305 e. The van der Waals surface area contributed by atoms with E-state index in [-0.39, 0.29) is 13.0 Å². The molecule has 2 aliphatic rings. The Labute approximate surface area is 288 Å². The molecule has 0 aliphatic carbocycles. The van der Waals surface area contributed by atoms with Crippen molar-refractivity contribution in [2.45, 2.75) is 101 Å². The molecule has 23 heteroatoms. The molecule has 2 rings (SSSR count). The van der Waals surface area contributed by atoms with Crippen molar-refractivity contribution in [2.24, 2.45) is 4.99 Å². The van der Waals surface area contributed by atoms with Crippen molar-refractivity contribution in [1.82, 2.24) is 31.6 Å². The van der Waals surface area contributed by atoms with Gasteiger partial charge in [-0.05, 0) is 26.2 Å². The molecule has 23 nitrogen and oxygen atoms in total. The highest BCUT2D eigenvalue weighted by Gasteiger charge is 2.44. The molecular formula is C28H39N7O16. The van der Waals surface area contributed by atoms with Crippen LogP contribution in [0, 0.1) is 0 Å². The Bertz CT molecular complexity index is 1420. The number of aliphatic imine (C=N–C) groups is 1. The molecular weight excluding hydrogens is 690 g/mol. The molecule has 0 aromatic heterocycles. The number of fused-ring (bicyclic) bond motifs is 1. The number of carbonyl (C=O) groups excluding carboxylic acids is 6. The van der Waals surface area contributed by atoms with E-state index in [4.69, 9.17) is 9.94 Å². The van der Waals surface area contributed by atoms with Gasteiger partial charge in [0, 0.05) is 32.2 Å². The van der Waals surface area contributed by atoms with Gasteiger partial charge in [0.25, 0.3) is 11.8 Å². The van der Waals surface area contributed by atoms with Gasteiger partial charge >= 0.3 is 23.9 Å². The maximum Gasteiger partial charge on any atom is 0.305 e. The van der Waals surface area contributed by atoms with Crippen molar-refractivity contribution in [3.63, 3.8) is 0 Å². The van der Waals surface area contributed by atoms with E-state index in [1.165, 1.54) is 5.06 Å². The Balaban J connectivity index is 2.51. The molecule has 0 aromatic rings. The summed E-state index contributed by atoms with van der Waals surface area (Å²) in [6.45, 7) is 0.874. The third-order valence-corrected chi connectivity index (χ3v) is 7.33. The average molecular weight is 730 g/mol. The molecule has 0 spiro atoms. The van der Waals surface area contributed by atoms with Crippen LogP contribution in [-0.4, -0.2) is 145 Å². The van der Waals surface area contributed by atoms with Gasteiger partial charge in [0.2, 0.25) is 23.6 Å². The summed E-state index contributed by atoms with van der Waals surface area (Å²) < 4.78 is 0. The molecule has 2 aliphatic heterocycles. The largest absolute Gasteiger partial charge is 0.481 e. The van der Waals surface area contributed by atoms with Crippen LogP contribution in [0.25, 0.3) is 0 Å². The predicted molar refractivity (Wildman–Crippen MR) is 164 cm³/mol. The van der Waals surface area contributed by atoms with E-state index in [1.54, 1.807) is 0 Å². The minimum Gasteiger partial charge on any atom is -0.481 e. The molecule has 10 N–H and O–H groups in total. The molecule has 8 atom stereocenters.